The van der Waals surface area contributed by atoms with Crippen molar-refractivity contribution >= 4 is 34.2 Å². The molecule has 0 radical (unpaired) electrons. The van der Waals surface area contributed by atoms with Crippen LogP contribution in [0.25, 0.3) is 10.8 Å². The van der Waals surface area contributed by atoms with Gasteiger partial charge in [0.25, 0.3) is 5.91 Å². The van der Waals surface area contributed by atoms with E-state index in [2.05, 4.69) is 15.6 Å². The fourth-order valence-electron chi connectivity index (χ4n) is 2.91. The molecule has 0 saturated carbocycles. The van der Waals surface area contributed by atoms with Gasteiger partial charge in [-0.1, -0.05) is 36.4 Å². The van der Waals surface area contributed by atoms with E-state index in [0.29, 0.717) is 11.6 Å². The van der Waals surface area contributed by atoms with Gasteiger partial charge in [0.05, 0.1) is 11.7 Å². The van der Waals surface area contributed by atoms with Crippen molar-refractivity contribution in [2.75, 3.05) is 12.4 Å². The monoisotopic (exact) mass is 385 g/mol. The second-order valence-electron chi connectivity index (χ2n) is 6.22. The lowest BCUT2D eigenvalue weighted by Gasteiger charge is -2.20. The zero-order valence-corrected chi connectivity index (χ0v) is 15.8. The van der Waals surface area contributed by atoms with Gasteiger partial charge in [0.1, 0.15) is 5.88 Å². The molecular formula is C20H20ClN3O3. The number of carbonyl (C=O) groups excluding carboxylic acids is 2. The third-order valence-electron chi connectivity index (χ3n) is 4.22. The maximum Gasteiger partial charge on any atom is 0.289 e. The van der Waals surface area contributed by atoms with Crippen molar-refractivity contribution < 1.29 is 14.0 Å². The van der Waals surface area contributed by atoms with Gasteiger partial charge in [-0.25, -0.2) is 4.98 Å². The number of oxazole rings is 1. The molecule has 0 aliphatic carbocycles. The van der Waals surface area contributed by atoms with E-state index in [1.165, 1.54) is 0 Å². The summed E-state index contributed by atoms with van der Waals surface area (Å²) in [6.07, 6.45) is 0. The van der Waals surface area contributed by atoms with Crippen LogP contribution in [0, 0.1) is 13.8 Å². The SMILES string of the molecule is Cc1nc(C)c(C(=O)NC(CNC(=O)CCl)c2ccc3ccccc3c2)o1. The van der Waals surface area contributed by atoms with Gasteiger partial charge in [0, 0.05) is 13.5 Å². The van der Waals surface area contributed by atoms with Crippen molar-refractivity contribution in [3.05, 3.63) is 65.4 Å². The van der Waals surface area contributed by atoms with E-state index in [-0.39, 0.29) is 30.0 Å². The summed E-state index contributed by atoms with van der Waals surface area (Å²) in [6, 6.07) is 13.4. The van der Waals surface area contributed by atoms with Crippen LogP contribution in [0.4, 0.5) is 0 Å². The van der Waals surface area contributed by atoms with Gasteiger partial charge in [-0.05, 0) is 29.3 Å². The number of aryl methyl sites for hydroxylation is 2. The van der Waals surface area contributed by atoms with Crippen LogP contribution in [0.3, 0.4) is 0 Å². The molecular weight excluding hydrogens is 366 g/mol. The summed E-state index contributed by atoms with van der Waals surface area (Å²) in [6.45, 7) is 3.61. The average molecular weight is 386 g/mol. The first-order valence-corrected chi connectivity index (χ1v) is 9.07. The molecule has 27 heavy (non-hydrogen) atoms. The highest BCUT2D eigenvalue weighted by molar-refractivity contribution is 6.27. The van der Waals surface area contributed by atoms with Crippen molar-refractivity contribution in [1.29, 1.82) is 0 Å². The highest BCUT2D eigenvalue weighted by atomic mass is 35.5. The molecule has 3 rings (SSSR count). The highest BCUT2D eigenvalue weighted by Gasteiger charge is 2.21. The Kier molecular flexibility index (Phi) is 5.76. The Balaban J connectivity index is 1.88. The molecule has 0 saturated heterocycles. The van der Waals surface area contributed by atoms with Crippen molar-refractivity contribution in [3.63, 3.8) is 0 Å². The summed E-state index contributed by atoms with van der Waals surface area (Å²) in [7, 11) is 0. The number of fused-ring (bicyclic) bond motifs is 1. The fourth-order valence-corrected chi connectivity index (χ4v) is 3.00. The van der Waals surface area contributed by atoms with Crippen molar-refractivity contribution in [2.45, 2.75) is 19.9 Å². The van der Waals surface area contributed by atoms with Crippen molar-refractivity contribution in [3.8, 4) is 0 Å². The third kappa shape index (κ3) is 4.46. The van der Waals surface area contributed by atoms with Gasteiger partial charge >= 0.3 is 0 Å². The number of halogens is 1. The van der Waals surface area contributed by atoms with Crippen LogP contribution in [-0.4, -0.2) is 29.2 Å². The second-order valence-corrected chi connectivity index (χ2v) is 6.49. The molecule has 1 heterocycles. The Labute approximate surface area is 161 Å². The summed E-state index contributed by atoms with van der Waals surface area (Å²) < 4.78 is 5.40. The molecule has 1 atom stereocenters. The zero-order chi connectivity index (χ0) is 19.4. The lowest BCUT2D eigenvalue weighted by atomic mass is 10.0. The van der Waals surface area contributed by atoms with E-state index in [9.17, 15) is 9.59 Å². The molecule has 0 bridgehead atoms. The number of nitrogens with one attached hydrogen (secondary N) is 2. The van der Waals surface area contributed by atoms with Crippen LogP contribution in [-0.2, 0) is 4.79 Å². The molecule has 1 aromatic heterocycles. The summed E-state index contributed by atoms with van der Waals surface area (Å²) in [4.78, 5) is 28.4. The van der Waals surface area contributed by atoms with E-state index in [4.69, 9.17) is 16.0 Å². The predicted molar refractivity (Wildman–Crippen MR) is 104 cm³/mol. The molecule has 7 heteroatoms. The summed E-state index contributed by atoms with van der Waals surface area (Å²) in [5, 5.41) is 7.78. The minimum Gasteiger partial charge on any atom is -0.436 e. The van der Waals surface area contributed by atoms with E-state index < -0.39 is 6.04 Å². The smallest absolute Gasteiger partial charge is 0.289 e. The number of hydrogen-bond acceptors (Lipinski definition) is 4. The Morgan fingerprint density at radius 1 is 1.15 bits per heavy atom. The number of carbonyl (C=O) groups is 2. The molecule has 2 N–H and O–H groups in total. The molecule has 0 aliphatic rings. The number of amides is 2. The van der Waals surface area contributed by atoms with E-state index in [1.54, 1.807) is 13.8 Å². The average Bonchev–Trinajstić information content (AvgIpc) is 3.02. The van der Waals surface area contributed by atoms with Crippen molar-refractivity contribution in [1.82, 2.24) is 15.6 Å². The standard InChI is InChI=1S/C20H20ClN3O3/c1-12-19(27-13(2)23-12)20(26)24-17(11-22-18(25)10-21)16-8-7-14-5-3-4-6-15(14)9-16/h3-9,17H,10-11H2,1-2H3,(H,22,25)(H,24,26). The summed E-state index contributed by atoms with van der Waals surface area (Å²) in [5.74, 6) is -0.231. The molecule has 6 nitrogen and oxygen atoms in total. The topological polar surface area (TPSA) is 84.2 Å². The minimum atomic E-state index is -0.445. The number of rotatable bonds is 6. The van der Waals surface area contributed by atoms with Gasteiger partial charge in [-0.15, -0.1) is 11.6 Å². The summed E-state index contributed by atoms with van der Waals surface area (Å²) in [5.41, 5.74) is 1.39. The zero-order valence-electron chi connectivity index (χ0n) is 15.1. The molecule has 2 aromatic carbocycles. The van der Waals surface area contributed by atoms with Gasteiger partial charge in [0.15, 0.2) is 5.89 Å². The van der Waals surface area contributed by atoms with Gasteiger partial charge < -0.3 is 15.1 Å². The maximum absolute atomic E-state index is 12.7. The lowest BCUT2D eigenvalue weighted by molar-refractivity contribution is -0.118. The number of nitrogens with zero attached hydrogens (tertiary/aromatic N) is 1. The van der Waals surface area contributed by atoms with Crippen LogP contribution in [0.2, 0.25) is 0 Å². The maximum atomic E-state index is 12.7. The molecule has 140 valence electrons. The van der Waals surface area contributed by atoms with E-state index in [1.807, 2.05) is 42.5 Å². The first kappa shape index (κ1) is 18.9. The van der Waals surface area contributed by atoms with Gasteiger partial charge in [-0.3, -0.25) is 9.59 Å². The molecule has 0 aliphatic heterocycles. The highest BCUT2D eigenvalue weighted by Crippen LogP contribution is 2.21. The molecule has 2 amide bonds. The largest absolute Gasteiger partial charge is 0.436 e. The Hall–Kier alpha value is -2.86. The van der Waals surface area contributed by atoms with E-state index >= 15 is 0 Å². The van der Waals surface area contributed by atoms with E-state index in [0.717, 1.165) is 16.3 Å². The van der Waals surface area contributed by atoms with Crippen LogP contribution < -0.4 is 10.6 Å². The minimum absolute atomic E-state index is 0.140. The molecule has 3 aromatic rings. The number of hydrogen-bond donors (Lipinski definition) is 2. The number of alkyl halides is 1. The van der Waals surface area contributed by atoms with Crippen LogP contribution >= 0.6 is 11.6 Å². The Morgan fingerprint density at radius 2 is 1.89 bits per heavy atom. The summed E-state index contributed by atoms with van der Waals surface area (Å²) >= 11 is 5.56. The molecule has 0 spiro atoms. The molecule has 1 unspecified atom stereocenters. The van der Waals surface area contributed by atoms with Gasteiger partial charge in [-0.2, -0.15) is 0 Å². The fraction of sp³-hybridized carbons (Fsp3) is 0.250. The quantitative estimate of drug-likeness (QED) is 0.638. The van der Waals surface area contributed by atoms with Crippen LogP contribution in [0.15, 0.2) is 46.9 Å². The third-order valence-corrected chi connectivity index (χ3v) is 4.46. The van der Waals surface area contributed by atoms with Gasteiger partial charge in [0.2, 0.25) is 11.7 Å². The first-order chi connectivity index (χ1) is 13.0. The Bertz CT molecular complexity index is 984. The van der Waals surface area contributed by atoms with Crippen LogP contribution in [0.1, 0.15) is 33.7 Å². The first-order valence-electron chi connectivity index (χ1n) is 8.54. The number of benzene rings is 2. The van der Waals surface area contributed by atoms with Crippen LogP contribution in [0.5, 0.6) is 0 Å². The predicted octanol–water partition coefficient (Wildman–Crippen LogP) is 3.27. The van der Waals surface area contributed by atoms with Crippen molar-refractivity contribution in [2.24, 2.45) is 0 Å². The molecule has 0 fully saturated rings. The second kappa shape index (κ2) is 8.22. The lowest BCUT2D eigenvalue weighted by Crippen LogP contribution is -2.38. The number of aromatic nitrogens is 1. The normalized spacial score (nSPS) is 12.0. The Morgan fingerprint density at radius 3 is 2.56 bits per heavy atom.